The van der Waals surface area contributed by atoms with Gasteiger partial charge in [-0.25, -0.2) is 4.79 Å². The number of amides is 4. The fraction of sp³-hybridized carbons (Fsp3) is 0.643. The van der Waals surface area contributed by atoms with E-state index in [-0.39, 0.29) is 24.8 Å². The van der Waals surface area contributed by atoms with Crippen LogP contribution >= 0.6 is 0 Å². The van der Waals surface area contributed by atoms with Gasteiger partial charge in [0.05, 0.1) is 0 Å². The van der Waals surface area contributed by atoms with Crippen molar-refractivity contribution in [2.24, 2.45) is 5.73 Å². The minimum absolute atomic E-state index is 0.0166. The molecule has 0 aliphatic heterocycles. The zero-order chi connectivity index (χ0) is 28.3. The molecule has 1 rings (SSSR count). The predicted molar refractivity (Wildman–Crippen MR) is 145 cm³/mol. The standard InChI is InChI=1S/C28H46N4O5/c1-9-11-16-30-25(34)24(21-17-18(3)12-13-19(21)4)32(20(5)10-2)26(35)22(14-15-23(29)33)31-27(36)37-28(6,7)8/h12-13,17,20,22,24H,9-11,14-16H2,1-8H3,(H2,29,33)(H,30,34)(H,31,36). The van der Waals surface area contributed by atoms with Crippen LogP contribution < -0.4 is 16.4 Å². The minimum atomic E-state index is -1.10. The van der Waals surface area contributed by atoms with Crippen molar-refractivity contribution in [2.45, 2.75) is 111 Å². The quantitative estimate of drug-likeness (QED) is 0.339. The van der Waals surface area contributed by atoms with Gasteiger partial charge in [-0.05, 0) is 71.9 Å². The Morgan fingerprint density at radius 3 is 2.30 bits per heavy atom. The molecule has 0 aliphatic carbocycles. The van der Waals surface area contributed by atoms with E-state index in [4.69, 9.17) is 10.5 Å². The van der Waals surface area contributed by atoms with Gasteiger partial charge < -0.3 is 26.0 Å². The molecule has 0 saturated heterocycles. The van der Waals surface area contributed by atoms with Crippen molar-refractivity contribution in [3.05, 3.63) is 34.9 Å². The number of aryl methyl sites for hydroxylation is 2. The summed E-state index contributed by atoms with van der Waals surface area (Å²) in [6, 6.07) is 3.44. The molecule has 0 bridgehead atoms. The van der Waals surface area contributed by atoms with E-state index in [1.165, 1.54) is 4.90 Å². The van der Waals surface area contributed by atoms with Crippen LogP contribution in [0.3, 0.4) is 0 Å². The van der Waals surface area contributed by atoms with Crippen LogP contribution in [0.1, 0.15) is 96.4 Å². The third kappa shape index (κ3) is 10.4. The molecule has 1 aromatic carbocycles. The summed E-state index contributed by atoms with van der Waals surface area (Å²) in [5.74, 6) is -1.36. The number of carbonyl (C=O) groups excluding carboxylic acids is 4. The van der Waals surface area contributed by atoms with Gasteiger partial charge >= 0.3 is 6.09 Å². The largest absolute Gasteiger partial charge is 0.444 e. The molecule has 4 amide bonds. The van der Waals surface area contributed by atoms with Crippen molar-refractivity contribution in [3.8, 4) is 0 Å². The molecule has 0 aliphatic rings. The van der Waals surface area contributed by atoms with Crippen molar-refractivity contribution < 1.29 is 23.9 Å². The van der Waals surface area contributed by atoms with E-state index in [2.05, 4.69) is 10.6 Å². The Bertz CT molecular complexity index is 941. The molecule has 0 spiro atoms. The molecule has 4 N–H and O–H groups in total. The number of alkyl carbamates (subject to hydrolysis) is 1. The Morgan fingerprint density at radius 2 is 1.76 bits per heavy atom. The highest BCUT2D eigenvalue weighted by atomic mass is 16.6. The zero-order valence-electron chi connectivity index (χ0n) is 23.8. The Hall–Kier alpha value is -3.10. The number of rotatable bonds is 13. The number of primary amides is 1. The normalized spacial score (nSPS) is 13.7. The minimum Gasteiger partial charge on any atom is -0.444 e. The fourth-order valence-electron chi connectivity index (χ4n) is 3.93. The lowest BCUT2D eigenvalue weighted by Crippen LogP contribution is -2.55. The number of hydrogen-bond donors (Lipinski definition) is 3. The summed E-state index contributed by atoms with van der Waals surface area (Å²) in [4.78, 5) is 53.5. The lowest BCUT2D eigenvalue weighted by Gasteiger charge is -2.39. The monoisotopic (exact) mass is 518 g/mol. The molecular formula is C28H46N4O5. The molecule has 9 nitrogen and oxygen atoms in total. The number of nitrogens with one attached hydrogen (secondary N) is 2. The second-order valence-corrected chi connectivity index (χ2v) is 10.6. The third-order valence-corrected chi connectivity index (χ3v) is 6.07. The zero-order valence-corrected chi connectivity index (χ0v) is 23.8. The van der Waals surface area contributed by atoms with Crippen LogP contribution in [-0.2, 0) is 19.1 Å². The molecule has 3 atom stereocenters. The van der Waals surface area contributed by atoms with Gasteiger partial charge in [0.2, 0.25) is 17.7 Å². The molecule has 37 heavy (non-hydrogen) atoms. The second kappa shape index (κ2) is 14.6. The van der Waals surface area contributed by atoms with Crippen LogP contribution in [0.2, 0.25) is 0 Å². The maximum absolute atomic E-state index is 14.1. The SMILES string of the molecule is CCCCNC(=O)C(c1cc(C)ccc1C)N(C(=O)C(CCC(N)=O)NC(=O)OC(C)(C)C)C(C)CC. The molecule has 0 heterocycles. The van der Waals surface area contributed by atoms with Gasteiger partial charge in [0.25, 0.3) is 0 Å². The Balaban J connectivity index is 3.58. The van der Waals surface area contributed by atoms with E-state index in [9.17, 15) is 19.2 Å². The van der Waals surface area contributed by atoms with E-state index in [1.807, 2.05) is 52.8 Å². The summed E-state index contributed by atoms with van der Waals surface area (Å²) in [5, 5.41) is 5.61. The van der Waals surface area contributed by atoms with Gasteiger partial charge in [-0.3, -0.25) is 14.4 Å². The fourth-order valence-corrected chi connectivity index (χ4v) is 3.93. The predicted octanol–water partition coefficient (Wildman–Crippen LogP) is 4.05. The summed E-state index contributed by atoms with van der Waals surface area (Å²) < 4.78 is 5.37. The van der Waals surface area contributed by atoms with Crippen LogP contribution in [0.4, 0.5) is 4.79 Å². The highest BCUT2D eigenvalue weighted by molar-refractivity contribution is 5.93. The summed E-state index contributed by atoms with van der Waals surface area (Å²) in [6.07, 6.45) is 1.38. The van der Waals surface area contributed by atoms with E-state index in [0.717, 1.165) is 24.0 Å². The number of unbranched alkanes of at least 4 members (excludes halogenated alkanes) is 1. The first kappa shape index (κ1) is 31.9. The first-order chi connectivity index (χ1) is 17.2. The van der Waals surface area contributed by atoms with Crippen LogP contribution in [0.25, 0.3) is 0 Å². The van der Waals surface area contributed by atoms with Gasteiger partial charge in [0.1, 0.15) is 17.7 Å². The van der Waals surface area contributed by atoms with Crippen molar-refractivity contribution in [1.82, 2.24) is 15.5 Å². The summed E-state index contributed by atoms with van der Waals surface area (Å²) >= 11 is 0. The lowest BCUT2D eigenvalue weighted by molar-refractivity contribution is -0.145. The Kier molecular flexibility index (Phi) is 12.6. The Morgan fingerprint density at radius 1 is 1.11 bits per heavy atom. The highest BCUT2D eigenvalue weighted by Crippen LogP contribution is 2.29. The average Bonchev–Trinajstić information content (AvgIpc) is 2.79. The molecule has 0 fully saturated rings. The van der Waals surface area contributed by atoms with Crippen LogP contribution in [0.5, 0.6) is 0 Å². The molecular weight excluding hydrogens is 472 g/mol. The van der Waals surface area contributed by atoms with E-state index >= 15 is 0 Å². The van der Waals surface area contributed by atoms with E-state index < -0.39 is 35.6 Å². The second-order valence-electron chi connectivity index (χ2n) is 10.6. The number of hydrogen-bond acceptors (Lipinski definition) is 5. The summed E-state index contributed by atoms with van der Waals surface area (Å²) in [6.45, 7) is 15.3. The van der Waals surface area contributed by atoms with E-state index in [0.29, 0.717) is 18.5 Å². The lowest BCUT2D eigenvalue weighted by atomic mass is 9.94. The molecule has 3 unspecified atom stereocenters. The number of nitrogens with zero attached hydrogens (tertiary/aromatic N) is 1. The Labute approximate surface area is 221 Å². The van der Waals surface area contributed by atoms with Gasteiger partial charge in [0.15, 0.2) is 0 Å². The molecule has 1 aromatic rings. The smallest absolute Gasteiger partial charge is 0.408 e. The molecule has 0 saturated carbocycles. The first-order valence-corrected chi connectivity index (χ1v) is 13.2. The van der Waals surface area contributed by atoms with Crippen molar-refractivity contribution >= 4 is 23.8 Å². The number of ether oxygens (including phenoxy) is 1. The van der Waals surface area contributed by atoms with Crippen LogP contribution in [0.15, 0.2) is 18.2 Å². The van der Waals surface area contributed by atoms with Crippen molar-refractivity contribution in [3.63, 3.8) is 0 Å². The van der Waals surface area contributed by atoms with Gasteiger partial charge in [0, 0.05) is 19.0 Å². The van der Waals surface area contributed by atoms with Crippen molar-refractivity contribution in [1.29, 1.82) is 0 Å². The van der Waals surface area contributed by atoms with Crippen LogP contribution in [-0.4, -0.2) is 52.9 Å². The van der Waals surface area contributed by atoms with E-state index in [1.54, 1.807) is 20.8 Å². The van der Waals surface area contributed by atoms with Gasteiger partial charge in [-0.1, -0.05) is 44.0 Å². The number of benzene rings is 1. The maximum Gasteiger partial charge on any atom is 0.408 e. The highest BCUT2D eigenvalue weighted by Gasteiger charge is 2.39. The number of carbonyl (C=O) groups is 4. The maximum atomic E-state index is 14.1. The van der Waals surface area contributed by atoms with Gasteiger partial charge in [-0.2, -0.15) is 0 Å². The first-order valence-electron chi connectivity index (χ1n) is 13.2. The molecule has 9 heteroatoms. The molecule has 208 valence electrons. The summed E-state index contributed by atoms with van der Waals surface area (Å²) in [7, 11) is 0. The number of nitrogens with two attached hydrogens (primary N) is 1. The molecule has 0 aromatic heterocycles. The molecule has 0 radical (unpaired) electrons. The van der Waals surface area contributed by atoms with Crippen molar-refractivity contribution in [2.75, 3.05) is 6.54 Å². The van der Waals surface area contributed by atoms with Gasteiger partial charge in [-0.15, -0.1) is 0 Å². The topological polar surface area (TPSA) is 131 Å². The summed E-state index contributed by atoms with van der Waals surface area (Å²) in [5.41, 5.74) is 7.13. The average molecular weight is 519 g/mol. The van der Waals surface area contributed by atoms with Crippen LogP contribution in [0, 0.1) is 13.8 Å². The third-order valence-electron chi connectivity index (χ3n) is 6.07.